The number of nitrogens with one attached hydrogen (secondary N) is 1. The number of halogens is 1. The van der Waals surface area contributed by atoms with Crippen LogP contribution in [0.25, 0.3) is 0 Å². The van der Waals surface area contributed by atoms with E-state index >= 15 is 0 Å². The largest absolute Gasteiger partial charge is 0.349 e. The maximum Gasteiger partial charge on any atom is 0.225 e. The van der Waals surface area contributed by atoms with Crippen LogP contribution in [0.3, 0.4) is 0 Å². The molecule has 0 radical (unpaired) electrons. The van der Waals surface area contributed by atoms with Gasteiger partial charge in [-0.2, -0.15) is 0 Å². The quantitative estimate of drug-likeness (QED) is 0.789. The summed E-state index contributed by atoms with van der Waals surface area (Å²) < 4.78 is 0. The average Bonchev–Trinajstić information content (AvgIpc) is 2.60. The first-order chi connectivity index (χ1) is 12.4. The van der Waals surface area contributed by atoms with Crippen LogP contribution in [0.4, 0.5) is 0 Å². The molecule has 0 spiro atoms. The highest BCUT2D eigenvalue weighted by atomic mass is 35.5. The summed E-state index contributed by atoms with van der Waals surface area (Å²) in [5, 5.41) is 3.54. The third-order valence-electron chi connectivity index (χ3n) is 4.29. The molecule has 5 heteroatoms. The van der Waals surface area contributed by atoms with E-state index in [2.05, 4.69) is 5.32 Å². The van der Waals surface area contributed by atoms with Gasteiger partial charge in [-0.3, -0.25) is 9.59 Å². The zero-order valence-corrected chi connectivity index (χ0v) is 16.2. The second kappa shape index (κ2) is 9.39. The van der Waals surface area contributed by atoms with Crippen molar-refractivity contribution < 1.29 is 9.59 Å². The van der Waals surface area contributed by atoms with Crippen molar-refractivity contribution in [1.82, 2.24) is 10.2 Å². The minimum absolute atomic E-state index is 0.0215. The van der Waals surface area contributed by atoms with Gasteiger partial charge in [0.15, 0.2) is 0 Å². The van der Waals surface area contributed by atoms with E-state index in [9.17, 15) is 9.59 Å². The molecule has 2 aromatic carbocycles. The fraction of sp³-hybridized carbons (Fsp3) is 0.333. The van der Waals surface area contributed by atoms with Gasteiger partial charge in [-0.25, -0.2) is 0 Å². The second-order valence-corrected chi connectivity index (χ2v) is 6.77. The lowest BCUT2D eigenvalue weighted by Gasteiger charge is -2.25. The van der Waals surface area contributed by atoms with Crippen LogP contribution in [0.5, 0.6) is 0 Å². The molecule has 0 fully saturated rings. The number of carbonyl (C=O) groups excluding carboxylic acids is 2. The van der Waals surface area contributed by atoms with Crippen LogP contribution >= 0.6 is 11.6 Å². The number of hydrogen-bond acceptors (Lipinski definition) is 2. The lowest BCUT2D eigenvalue weighted by atomic mass is 10.0. The molecule has 0 saturated heterocycles. The molecular formula is C21H25ClN2O2. The number of rotatable bonds is 7. The molecule has 2 aromatic rings. The van der Waals surface area contributed by atoms with Crippen LogP contribution in [-0.4, -0.2) is 23.3 Å². The van der Waals surface area contributed by atoms with Gasteiger partial charge in [0, 0.05) is 25.0 Å². The fourth-order valence-corrected chi connectivity index (χ4v) is 3.00. The van der Waals surface area contributed by atoms with Gasteiger partial charge in [0.25, 0.3) is 0 Å². The SMILES string of the molecule is CCN(Cc1ccccc1Cl)C(=O)CC(NC(C)=O)c1ccc(C)cc1. The Kier molecular flexibility index (Phi) is 7.22. The zero-order valence-electron chi connectivity index (χ0n) is 15.5. The van der Waals surface area contributed by atoms with E-state index < -0.39 is 0 Å². The van der Waals surface area contributed by atoms with Crippen LogP contribution in [-0.2, 0) is 16.1 Å². The van der Waals surface area contributed by atoms with Gasteiger partial charge in [0.05, 0.1) is 12.5 Å². The fourth-order valence-electron chi connectivity index (χ4n) is 2.81. The predicted octanol–water partition coefficient (Wildman–Crippen LogP) is 4.26. The van der Waals surface area contributed by atoms with Crippen LogP contribution in [0, 0.1) is 6.92 Å². The average molecular weight is 373 g/mol. The molecule has 4 nitrogen and oxygen atoms in total. The molecule has 0 aliphatic carbocycles. The molecule has 1 N–H and O–H groups in total. The number of benzene rings is 2. The summed E-state index contributed by atoms with van der Waals surface area (Å²) in [6.45, 7) is 6.44. The molecule has 0 aliphatic heterocycles. The normalized spacial score (nSPS) is 11.7. The molecule has 0 bridgehead atoms. The number of aryl methyl sites for hydroxylation is 1. The summed E-state index contributed by atoms with van der Waals surface area (Å²) in [5.41, 5.74) is 2.97. The van der Waals surface area contributed by atoms with Crippen molar-refractivity contribution in [1.29, 1.82) is 0 Å². The predicted molar refractivity (Wildman–Crippen MR) is 105 cm³/mol. The van der Waals surface area contributed by atoms with Gasteiger partial charge in [-0.15, -0.1) is 0 Å². The van der Waals surface area contributed by atoms with Crippen LogP contribution in [0.1, 0.15) is 43.0 Å². The zero-order chi connectivity index (χ0) is 19.1. The van der Waals surface area contributed by atoms with Gasteiger partial charge in [0.1, 0.15) is 0 Å². The lowest BCUT2D eigenvalue weighted by Crippen LogP contribution is -2.35. The Hall–Kier alpha value is -2.33. The third-order valence-corrected chi connectivity index (χ3v) is 4.66. The number of hydrogen-bond donors (Lipinski definition) is 1. The molecule has 138 valence electrons. The Morgan fingerprint density at radius 2 is 1.77 bits per heavy atom. The van der Waals surface area contributed by atoms with Crippen LogP contribution in [0.15, 0.2) is 48.5 Å². The summed E-state index contributed by atoms with van der Waals surface area (Å²) in [7, 11) is 0. The molecule has 2 rings (SSSR count). The first kappa shape index (κ1) is 20.0. The Bertz CT molecular complexity index is 759. The van der Waals surface area contributed by atoms with E-state index in [1.165, 1.54) is 6.92 Å². The van der Waals surface area contributed by atoms with Gasteiger partial charge in [0.2, 0.25) is 11.8 Å². The van der Waals surface area contributed by atoms with Crippen LogP contribution in [0.2, 0.25) is 5.02 Å². The maximum atomic E-state index is 12.9. The summed E-state index contributed by atoms with van der Waals surface area (Å²) >= 11 is 6.22. The van der Waals surface area contributed by atoms with Crippen LogP contribution < -0.4 is 5.32 Å². The summed E-state index contributed by atoms with van der Waals surface area (Å²) in [6.07, 6.45) is 0.209. The van der Waals surface area contributed by atoms with Crippen molar-refractivity contribution in [3.63, 3.8) is 0 Å². The Morgan fingerprint density at radius 1 is 1.12 bits per heavy atom. The van der Waals surface area contributed by atoms with Gasteiger partial charge < -0.3 is 10.2 Å². The standard InChI is InChI=1S/C21H25ClN2O2/c1-4-24(14-18-7-5-6-8-19(18)22)21(26)13-20(23-16(3)25)17-11-9-15(2)10-12-17/h5-12,20H,4,13-14H2,1-3H3,(H,23,25). The van der Waals surface area contributed by atoms with E-state index in [1.54, 1.807) is 4.90 Å². The van der Waals surface area contributed by atoms with Crippen molar-refractivity contribution >= 4 is 23.4 Å². The van der Waals surface area contributed by atoms with E-state index in [0.29, 0.717) is 18.1 Å². The minimum Gasteiger partial charge on any atom is -0.349 e. The second-order valence-electron chi connectivity index (χ2n) is 6.37. The van der Waals surface area contributed by atoms with Crippen molar-refractivity contribution in [2.75, 3.05) is 6.54 Å². The van der Waals surface area contributed by atoms with E-state index in [-0.39, 0.29) is 24.3 Å². The van der Waals surface area contributed by atoms with E-state index in [4.69, 9.17) is 11.6 Å². The Morgan fingerprint density at radius 3 is 2.35 bits per heavy atom. The van der Waals surface area contributed by atoms with Gasteiger partial charge >= 0.3 is 0 Å². The first-order valence-corrected chi connectivity index (χ1v) is 9.13. The molecule has 0 aliphatic rings. The lowest BCUT2D eigenvalue weighted by molar-refractivity contribution is -0.132. The number of amides is 2. The van der Waals surface area contributed by atoms with Crippen molar-refractivity contribution in [3.8, 4) is 0 Å². The van der Waals surface area contributed by atoms with Gasteiger partial charge in [-0.05, 0) is 31.0 Å². The number of nitrogens with zero attached hydrogens (tertiary/aromatic N) is 1. The van der Waals surface area contributed by atoms with E-state index in [0.717, 1.165) is 16.7 Å². The summed E-state index contributed by atoms with van der Waals surface area (Å²) in [6, 6.07) is 15.0. The highest BCUT2D eigenvalue weighted by Gasteiger charge is 2.21. The monoisotopic (exact) mass is 372 g/mol. The molecule has 0 heterocycles. The highest BCUT2D eigenvalue weighted by Crippen LogP contribution is 2.21. The summed E-state index contributed by atoms with van der Waals surface area (Å²) in [5.74, 6) is -0.177. The van der Waals surface area contributed by atoms with Crippen molar-refractivity contribution in [2.24, 2.45) is 0 Å². The molecule has 1 unspecified atom stereocenters. The first-order valence-electron chi connectivity index (χ1n) is 8.75. The summed E-state index contributed by atoms with van der Waals surface area (Å²) in [4.78, 5) is 26.2. The molecular weight excluding hydrogens is 348 g/mol. The van der Waals surface area contributed by atoms with Crippen molar-refractivity contribution in [2.45, 2.75) is 39.8 Å². The van der Waals surface area contributed by atoms with Crippen molar-refractivity contribution in [3.05, 3.63) is 70.2 Å². The molecule has 1 atom stereocenters. The molecule has 26 heavy (non-hydrogen) atoms. The topological polar surface area (TPSA) is 49.4 Å². The minimum atomic E-state index is -0.346. The maximum absolute atomic E-state index is 12.9. The molecule has 0 saturated carbocycles. The smallest absolute Gasteiger partial charge is 0.225 e. The van der Waals surface area contributed by atoms with Gasteiger partial charge in [-0.1, -0.05) is 59.6 Å². The van der Waals surface area contributed by atoms with E-state index in [1.807, 2.05) is 62.4 Å². The number of carbonyl (C=O) groups is 2. The Labute approximate surface area is 160 Å². The highest BCUT2D eigenvalue weighted by molar-refractivity contribution is 6.31. The Balaban J connectivity index is 2.14. The molecule has 2 amide bonds. The third kappa shape index (κ3) is 5.60. The molecule has 0 aromatic heterocycles.